The zero-order valence-electron chi connectivity index (χ0n) is 12.9. The third-order valence-electron chi connectivity index (χ3n) is 3.70. The van der Waals surface area contributed by atoms with E-state index < -0.39 is 0 Å². The molecule has 0 amide bonds. The minimum absolute atomic E-state index is 0.641. The zero-order chi connectivity index (χ0) is 16.4. The highest BCUT2D eigenvalue weighted by molar-refractivity contribution is 5.99. The summed E-state index contributed by atoms with van der Waals surface area (Å²) >= 11 is 0. The Morgan fingerprint density at radius 1 is 0.875 bits per heavy atom. The lowest BCUT2D eigenvalue weighted by Gasteiger charge is -2.11. The third-order valence-corrected chi connectivity index (χ3v) is 3.70. The number of nitrogens with one attached hydrogen (secondary N) is 1. The normalized spacial score (nSPS) is 10.7. The second-order valence-corrected chi connectivity index (χ2v) is 5.15. The fourth-order valence-electron chi connectivity index (χ4n) is 2.53. The first-order chi connectivity index (χ1) is 11.8. The topological polar surface area (TPSA) is 77.8 Å². The van der Waals surface area contributed by atoms with Crippen molar-refractivity contribution in [1.82, 2.24) is 25.1 Å². The molecule has 7 nitrogen and oxygen atoms in total. The van der Waals surface area contributed by atoms with Crippen LogP contribution in [0, 0.1) is 0 Å². The molecule has 0 fully saturated rings. The predicted octanol–water partition coefficient (Wildman–Crippen LogP) is 2.77. The molecule has 7 heteroatoms. The number of ether oxygens (including phenoxy) is 1. The number of hydrogen-bond acceptors (Lipinski definition) is 6. The Balaban J connectivity index is 1.82. The van der Waals surface area contributed by atoms with E-state index in [4.69, 9.17) is 4.74 Å². The lowest BCUT2D eigenvalue weighted by molar-refractivity contribution is 0.415. The summed E-state index contributed by atoms with van der Waals surface area (Å²) in [6, 6.07) is 15.8. The highest BCUT2D eigenvalue weighted by atomic mass is 16.5. The highest BCUT2D eigenvalue weighted by Crippen LogP contribution is 2.30. The molecule has 0 saturated heterocycles. The molecule has 0 aliphatic heterocycles. The van der Waals surface area contributed by atoms with Crippen molar-refractivity contribution in [2.75, 3.05) is 12.5 Å². The average Bonchev–Trinajstić information content (AvgIpc) is 3.15. The maximum absolute atomic E-state index is 5.21. The van der Waals surface area contributed by atoms with Crippen LogP contribution >= 0.6 is 0 Å². The van der Waals surface area contributed by atoms with Gasteiger partial charge in [0.15, 0.2) is 5.82 Å². The Bertz CT molecular complexity index is 966. The van der Waals surface area contributed by atoms with Crippen molar-refractivity contribution < 1.29 is 4.74 Å². The van der Waals surface area contributed by atoms with E-state index in [2.05, 4.69) is 25.8 Å². The fraction of sp³-hybridized carbons (Fsp3) is 0.0588. The highest BCUT2D eigenvalue weighted by Gasteiger charge is 2.11. The first kappa shape index (κ1) is 14.1. The Morgan fingerprint density at radius 2 is 1.58 bits per heavy atom. The Morgan fingerprint density at radius 3 is 2.29 bits per heavy atom. The first-order valence-corrected chi connectivity index (χ1v) is 7.36. The average molecular weight is 318 g/mol. The van der Waals surface area contributed by atoms with Crippen LogP contribution < -0.4 is 10.2 Å². The molecule has 0 spiro atoms. The molecule has 118 valence electrons. The van der Waals surface area contributed by atoms with Gasteiger partial charge in [-0.1, -0.05) is 24.3 Å². The maximum Gasteiger partial charge on any atom is 0.175 e. The van der Waals surface area contributed by atoms with Crippen LogP contribution in [0.4, 0.5) is 5.82 Å². The van der Waals surface area contributed by atoms with E-state index in [0.717, 1.165) is 27.8 Å². The molecule has 0 unspecified atom stereocenters. The van der Waals surface area contributed by atoms with Crippen molar-refractivity contribution in [3.05, 3.63) is 61.2 Å². The van der Waals surface area contributed by atoms with Crippen molar-refractivity contribution in [2.45, 2.75) is 0 Å². The Hall–Kier alpha value is -3.48. The molecule has 0 atom stereocenters. The first-order valence-electron chi connectivity index (χ1n) is 7.36. The molecule has 2 aromatic heterocycles. The van der Waals surface area contributed by atoms with Gasteiger partial charge >= 0.3 is 0 Å². The summed E-state index contributed by atoms with van der Waals surface area (Å²) in [7, 11) is 1.65. The van der Waals surface area contributed by atoms with Gasteiger partial charge in [0, 0.05) is 16.3 Å². The number of hydrogen-bond donors (Lipinski definition) is 1. The van der Waals surface area contributed by atoms with E-state index in [0.29, 0.717) is 5.82 Å². The number of aromatic nitrogens is 5. The molecule has 0 aliphatic carbocycles. The molecule has 0 radical (unpaired) electrons. The van der Waals surface area contributed by atoms with Crippen LogP contribution in [0.15, 0.2) is 61.2 Å². The minimum atomic E-state index is 0.641. The molecular weight excluding hydrogens is 304 g/mol. The quantitative estimate of drug-likeness (QED) is 0.623. The molecule has 2 aromatic carbocycles. The van der Waals surface area contributed by atoms with Gasteiger partial charge in [-0.3, -0.25) is 5.43 Å². The summed E-state index contributed by atoms with van der Waals surface area (Å²) in [5.41, 5.74) is 4.93. The van der Waals surface area contributed by atoms with E-state index in [1.165, 1.54) is 0 Å². The molecule has 4 aromatic rings. The van der Waals surface area contributed by atoms with Gasteiger partial charge in [0.05, 0.1) is 7.11 Å². The third kappa shape index (κ3) is 2.52. The van der Waals surface area contributed by atoms with Crippen LogP contribution in [0.2, 0.25) is 0 Å². The molecule has 4 rings (SSSR count). The van der Waals surface area contributed by atoms with Crippen LogP contribution in [0.1, 0.15) is 0 Å². The van der Waals surface area contributed by atoms with Crippen LogP contribution in [-0.4, -0.2) is 32.2 Å². The van der Waals surface area contributed by atoms with E-state index in [1.807, 2.05) is 48.5 Å². The molecule has 2 heterocycles. The van der Waals surface area contributed by atoms with Crippen molar-refractivity contribution in [2.24, 2.45) is 0 Å². The van der Waals surface area contributed by atoms with Gasteiger partial charge in [-0.15, -0.1) is 20.4 Å². The monoisotopic (exact) mass is 318 g/mol. The SMILES string of the molecule is COc1ccc(-c2nnc(Nn3cnnc3)c3ccccc23)cc1. The van der Waals surface area contributed by atoms with Crippen LogP contribution in [-0.2, 0) is 0 Å². The van der Waals surface area contributed by atoms with Crippen LogP contribution in [0.3, 0.4) is 0 Å². The second kappa shape index (κ2) is 5.96. The summed E-state index contributed by atoms with van der Waals surface area (Å²) < 4.78 is 6.84. The molecule has 0 aliphatic rings. The summed E-state index contributed by atoms with van der Waals surface area (Å²) in [5, 5.41) is 18.3. The van der Waals surface area contributed by atoms with Gasteiger partial charge in [0.2, 0.25) is 0 Å². The molecule has 0 bridgehead atoms. The van der Waals surface area contributed by atoms with Gasteiger partial charge < -0.3 is 4.74 Å². The molecule has 0 saturated carbocycles. The largest absolute Gasteiger partial charge is 0.497 e. The van der Waals surface area contributed by atoms with E-state index in [1.54, 1.807) is 24.4 Å². The predicted molar refractivity (Wildman–Crippen MR) is 90.6 cm³/mol. The number of rotatable bonds is 4. The van der Waals surface area contributed by atoms with E-state index in [9.17, 15) is 0 Å². The fourth-order valence-corrected chi connectivity index (χ4v) is 2.53. The summed E-state index contributed by atoms with van der Waals surface area (Å²) in [5.74, 6) is 1.45. The standard InChI is InChI=1S/C17H14N6O/c1-24-13-8-6-12(7-9-13)16-14-4-2-3-5-15(14)17(21-20-16)22-23-10-18-19-11-23/h2-11H,1H3,(H,21,22). The summed E-state index contributed by atoms with van der Waals surface area (Å²) in [6.07, 6.45) is 3.13. The van der Waals surface area contributed by atoms with Crippen molar-refractivity contribution in [3.8, 4) is 17.0 Å². The van der Waals surface area contributed by atoms with Crippen molar-refractivity contribution in [3.63, 3.8) is 0 Å². The van der Waals surface area contributed by atoms with Gasteiger partial charge in [0.1, 0.15) is 24.1 Å². The van der Waals surface area contributed by atoms with Crippen LogP contribution in [0.25, 0.3) is 22.0 Å². The van der Waals surface area contributed by atoms with Gasteiger partial charge in [-0.2, -0.15) is 0 Å². The number of anilines is 1. The van der Waals surface area contributed by atoms with E-state index in [-0.39, 0.29) is 0 Å². The van der Waals surface area contributed by atoms with Gasteiger partial charge in [-0.25, -0.2) is 4.68 Å². The lowest BCUT2D eigenvalue weighted by atomic mass is 10.0. The smallest absolute Gasteiger partial charge is 0.175 e. The van der Waals surface area contributed by atoms with Crippen molar-refractivity contribution in [1.29, 1.82) is 0 Å². The Kier molecular flexibility index (Phi) is 3.51. The van der Waals surface area contributed by atoms with Crippen LogP contribution in [0.5, 0.6) is 5.75 Å². The molecule has 1 N–H and O–H groups in total. The maximum atomic E-state index is 5.21. The second-order valence-electron chi connectivity index (χ2n) is 5.15. The summed E-state index contributed by atoms with van der Waals surface area (Å²) in [6.45, 7) is 0. The zero-order valence-corrected chi connectivity index (χ0v) is 12.9. The Labute approximate surface area is 137 Å². The summed E-state index contributed by atoms with van der Waals surface area (Å²) in [4.78, 5) is 0. The minimum Gasteiger partial charge on any atom is -0.497 e. The van der Waals surface area contributed by atoms with Crippen molar-refractivity contribution >= 4 is 16.6 Å². The lowest BCUT2D eigenvalue weighted by Crippen LogP contribution is -2.09. The van der Waals surface area contributed by atoms with Gasteiger partial charge in [0.25, 0.3) is 0 Å². The number of fused-ring (bicyclic) bond motifs is 1. The van der Waals surface area contributed by atoms with E-state index >= 15 is 0 Å². The molecular formula is C17H14N6O. The van der Waals surface area contributed by atoms with Gasteiger partial charge in [-0.05, 0) is 24.3 Å². The number of benzene rings is 2. The molecule has 24 heavy (non-hydrogen) atoms. The number of nitrogens with zero attached hydrogens (tertiary/aromatic N) is 5. The number of methoxy groups -OCH3 is 1.